The fourth-order valence-corrected chi connectivity index (χ4v) is 3.18. The number of para-hydroxylation sites is 1. The Kier molecular flexibility index (Phi) is 4.43. The second kappa shape index (κ2) is 6.66. The number of benzene rings is 1. The third-order valence-electron chi connectivity index (χ3n) is 3.29. The average Bonchev–Trinajstić information content (AvgIpc) is 2.91. The Morgan fingerprint density at radius 1 is 1.22 bits per heavy atom. The molecule has 4 nitrogen and oxygen atoms in total. The fraction of sp³-hybridized carbons (Fsp3) is 0.118. The normalized spacial score (nSPS) is 10.5. The lowest BCUT2D eigenvalue weighted by Gasteiger charge is -2.05. The summed E-state index contributed by atoms with van der Waals surface area (Å²) in [6, 6.07) is 9.87. The summed E-state index contributed by atoms with van der Waals surface area (Å²) in [7, 11) is 0. The maximum absolute atomic E-state index is 13.6. The Morgan fingerprint density at radius 2 is 1.96 bits per heavy atom. The van der Waals surface area contributed by atoms with Crippen LogP contribution in [0.3, 0.4) is 0 Å². The second-order valence-corrected chi connectivity index (χ2v) is 6.05. The van der Waals surface area contributed by atoms with Gasteiger partial charge in [-0.25, -0.2) is 9.37 Å². The van der Waals surface area contributed by atoms with Gasteiger partial charge < -0.3 is 5.32 Å². The van der Waals surface area contributed by atoms with Crippen molar-refractivity contribution in [3.63, 3.8) is 0 Å². The molecule has 0 aliphatic rings. The molecule has 1 N–H and O–H groups in total. The van der Waals surface area contributed by atoms with Crippen LogP contribution in [0.4, 0.5) is 10.1 Å². The summed E-state index contributed by atoms with van der Waals surface area (Å²) in [5.41, 5.74) is 1.97. The van der Waals surface area contributed by atoms with Crippen molar-refractivity contribution >= 4 is 22.9 Å². The number of amides is 1. The molecule has 0 aliphatic heterocycles. The monoisotopic (exact) mass is 327 g/mol. The number of aromatic nitrogens is 2. The van der Waals surface area contributed by atoms with E-state index in [9.17, 15) is 9.18 Å². The van der Waals surface area contributed by atoms with Crippen LogP contribution in [0, 0.1) is 12.7 Å². The number of carbonyl (C=O) groups is 1. The van der Waals surface area contributed by atoms with E-state index in [4.69, 9.17) is 0 Å². The lowest BCUT2D eigenvalue weighted by Crippen LogP contribution is -2.15. The molecule has 1 aromatic carbocycles. The summed E-state index contributed by atoms with van der Waals surface area (Å²) >= 11 is 1.46. The minimum atomic E-state index is -0.445. The topological polar surface area (TPSA) is 54.9 Å². The molecule has 2 aromatic heterocycles. The highest BCUT2D eigenvalue weighted by Crippen LogP contribution is 2.28. The van der Waals surface area contributed by atoms with Crippen LogP contribution < -0.4 is 5.32 Å². The number of pyridine rings is 1. The zero-order valence-electron chi connectivity index (χ0n) is 12.4. The summed E-state index contributed by atoms with van der Waals surface area (Å²) in [4.78, 5) is 21.5. The van der Waals surface area contributed by atoms with Crippen LogP contribution >= 0.6 is 11.3 Å². The first-order valence-corrected chi connectivity index (χ1v) is 7.86. The number of nitrogens with one attached hydrogen (secondary N) is 1. The maximum Gasteiger partial charge on any atom is 0.229 e. The van der Waals surface area contributed by atoms with E-state index >= 15 is 0 Å². The highest BCUT2D eigenvalue weighted by Gasteiger charge is 2.14. The van der Waals surface area contributed by atoms with E-state index in [2.05, 4.69) is 15.3 Å². The second-order valence-electron chi connectivity index (χ2n) is 4.97. The molecule has 0 saturated carbocycles. The summed E-state index contributed by atoms with van der Waals surface area (Å²) in [6.07, 6.45) is 3.58. The van der Waals surface area contributed by atoms with E-state index in [-0.39, 0.29) is 18.0 Å². The van der Waals surface area contributed by atoms with Gasteiger partial charge in [-0.2, -0.15) is 0 Å². The minimum absolute atomic E-state index is 0.170. The fourth-order valence-electron chi connectivity index (χ4n) is 2.11. The molecule has 23 heavy (non-hydrogen) atoms. The Hall–Kier alpha value is -2.60. The first kappa shape index (κ1) is 15.3. The van der Waals surface area contributed by atoms with Gasteiger partial charge in [0, 0.05) is 22.8 Å². The van der Waals surface area contributed by atoms with Gasteiger partial charge in [-0.05, 0) is 31.2 Å². The summed E-state index contributed by atoms with van der Waals surface area (Å²) in [5.74, 6) is -0.706. The van der Waals surface area contributed by atoms with Gasteiger partial charge in [-0.15, -0.1) is 11.3 Å². The third kappa shape index (κ3) is 3.60. The summed E-state index contributed by atoms with van der Waals surface area (Å²) < 4.78 is 13.6. The van der Waals surface area contributed by atoms with Crippen LogP contribution in [-0.2, 0) is 11.2 Å². The lowest BCUT2D eigenvalue weighted by molar-refractivity contribution is -0.115. The van der Waals surface area contributed by atoms with Gasteiger partial charge in [-0.3, -0.25) is 9.78 Å². The molecule has 0 aliphatic carbocycles. The average molecular weight is 327 g/mol. The molecule has 3 aromatic rings. The largest absolute Gasteiger partial charge is 0.323 e. The SMILES string of the molecule is Cc1nc(-c2ccncc2)sc1CC(=O)Nc1ccccc1F. The van der Waals surface area contributed by atoms with Crippen LogP contribution in [0.15, 0.2) is 48.8 Å². The minimum Gasteiger partial charge on any atom is -0.323 e. The van der Waals surface area contributed by atoms with Gasteiger partial charge in [0.2, 0.25) is 5.91 Å². The summed E-state index contributed by atoms with van der Waals surface area (Å²) in [5, 5.41) is 3.44. The van der Waals surface area contributed by atoms with E-state index in [0.717, 1.165) is 21.1 Å². The van der Waals surface area contributed by atoms with Crippen LogP contribution in [0.5, 0.6) is 0 Å². The van der Waals surface area contributed by atoms with Crippen molar-refractivity contribution in [2.24, 2.45) is 0 Å². The Labute approximate surface area is 137 Å². The number of aryl methyl sites for hydroxylation is 1. The first-order chi connectivity index (χ1) is 11.1. The molecule has 0 atom stereocenters. The van der Waals surface area contributed by atoms with Gasteiger partial charge in [0.15, 0.2) is 0 Å². The number of thiazole rings is 1. The number of carbonyl (C=O) groups excluding carboxylic acids is 1. The van der Waals surface area contributed by atoms with Crippen molar-refractivity contribution in [3.8, 4) is 10.6 Å². The van der Waals surface area contributed by atoms with Gasteiger partial charge >= 0.3 is 0 Å². The molecule has 0 unspecified atom stereocenters. The van der Waals surface area contributed by atoms with Crippen LogP contribution in [0.1, 0.15) is 10.6 Å². The quantitative estimate of drug-likeness (QED) is 0.792. The number of nitrogens with zero attached hydrogens (tertiary/aromatic N) is 2. The number of halogens is 1. The molecule has 3 rings (SSSR count). The van der Waals surface area contributed by atoms with Crippen LogP contribution in [-0.4, -0.2) is 15.9 Å². The van der Waals surface area contributed by atoms with Gasteiger partial charge in [-0.1, -0.05) is 12.1 Å². The molecule has 2 heterocycles. The molecule has 0 saturated heterocycles. The smallest absolute Gasteiger partial charge is 0.229 e. The van der Waals surface area contributed by atoms with Gasteiger partial charge in [0.25, 0.3) is 0 Å². The first-order valence-electron chi connectivity index (χ1n) is 7.04. The van der Waals surface area contributed by atoms with Crippen LogP contribution in [0.2, 0.25) is 0 Å². The Bertz CT molecular complexity index is 833. The molecule has 0 bridgehead atoms. The van der Waals surface area contributed by atoms with E-state index < -0.39 is 5.82 Å². The highest BCUT2D eigenvalue weighted by molar-refractivity contribution is 7.15. The molecule has 116 valence electrons. The Morgan fingerprint density at radius 3 is 2.70 bits per heavy atom. The highest BCUT2D eigenvalue weighted by atomic mass is 32.1. The number of hydrogen-bond acceptors (Lipinski definition) is 4. The molecule has 6 heteroatoms. The predicted molar refractivity (Wildman–Crippen MR) is 88.8 cm³/mol. The number of rotatable bonds is 4. The van der Waals surface area contributed by atoms with Crippen molar-refractivity contribution in [1.29, 1.82) is 0 Å². The van der Waals surface area contributed by atoms with Crippen molar-refractivity contribution in [2.45, 2.75) is 13.3 Å². The van der Waals surface area contributed by atoms with Gasteiger partial charge in [0.05, 0.1) is 17.8 Å². The van der Waals surface area contributed by atoms with Crippen molar-refractivity contribution in [1.82, 2.24) is 9.97 Å². The standard InChI is InChI=1S/C17H14FN3OS/c1-11-15(23-17(20-11)12-6-8-19-9-7-12)10-16(22)21-14-5-3-2-4-13(14)18/h2-9H,10H2,1H3,(H,21,22). The van der Waals surface area contributed by atoms with Crippen molar-refractivity contribution < 1.29 is 9.18 Å². The molecule has 0 fully saturated rings. The predicted octanol–water partition coefficient (Wildman–Crippen LogP) is 3.83. The molecular formula is C17H14FN3OS. The van der Waals surface area contributed by atoms with Crippen molar-refractivity contribution in [2.75, 3.05) is 5.32 Å². The maximum atomic E-state index is 13.6. The summed E-state index contributed by atoms with van der Waals surface area (Å²) in [6.45, 7) is 1.87. The van der Waals surface area contributed by atoms with E-state index in [1.807, 2.05) is 19.1 Å². The number of hydrogen-bond donors (Lipinski definition) is 1. The Balaban J connectivity index is 1.74. The van der Waals surface area contributed by atoms with E-state index in [1.165, 1.54) is 23.5 Å². The molecule has 1 amide bonds. The van der Waals surface area contributed by atoms with Crippen molar-refractivity contribution in [3.05, 3.63) is 65.2 Å². The lowest BCUT2D eigenvalue weighted by atomic mass is 10.2. The van der Waals surface area contributed by atoms with E-state index in [0.29, 0.717) is 0 Å². The molecular weight excluding hydrogens is 313 g/mol. The molecule has 0 radical (unpaired) electrons. The zero-order valence-corrected chi connectivity index (χ0v) is 13.2. The zero-order chi connectivity index (χ0) is 16.2. The third-order valence-corrected chi connectivity index (χ3v) is 4.50. The van der Waals surface area contributed by atoms with Gasteiger partial charge in [0.1, 0.15) is 10.8 Å². The molecule has 0 spiro atoms. The van der Waals surface area contributed by atoms with E-state index in [1.54, 1.807) is 24.5 Å². The van der Waals surface area contributed by atoms with Crippen LogP contribution in [0.25, 0.3) is 10.6 Å². The number of anilines is 1.